The van der Waals surface area contributed by atoms with E-state index >= 15 is 0 Å². The third-order valence-electron chi connectivity index (χ3n) is 3.18. The van der Waals surface area contributed by atoms with Crippen LogP contribution in [-0.2, 0) is 0 Å². The highest BCUT2D eigenvalue weighted by atomic mass is 14.6. The normalized spacial score (nSPS) is 13.0. The molecule has 92 valence electrons. The van der Waals surface area contributed by atoms with Gasteiger partial charge in [-0.1, -0.05) is 58.8 Å². The summed E-state index contributed by atoms with van der Waals surface area (Å²) in [5.41, 5.74) is 4.25. The minimum atomic E-state index is 0.725. The highest BCUT2D eigenvalue weighted by molar-refractivity contribution is 4.55. The van der Waals surface area contributed by atoms with E-state index < -0.39 is 0 Å². The predicted octanol–water partition coefficient (Wildman–Crippen LogP) is 3.93. The van der Waals surface area contributed by atoms with Gasteiger partial charge in [0, 0.05) is 0 Å². The SMILES string of the molecule is CCCCCCCC([NH3+])CCCCCC. The van der Waals surface area contributed by atoms with Crippen molar-refractivity contribution in [1.82, 2.24) is 0 Å². The second-order valence-electron chi connectivity index (χ2n) is 4.92. The van der Waals surface area contributed by atoms with E-state index in [2.05, 4.69) is 19.6 Å². The summed E-state index contributed by atoms with van der Waals surface area (Å²) in [5, 5.41) is 0. The van der Waals surface area contributed by atoms with Crippen molar-refractivity contribution in [1.29, 1.82) is 0 Å². The van der Waals surface area contributed by atoms with E-state index in [4.69, 9.17) is 0 Å². The lowest BCUT2D eigenvalue weighted by Crippen LogP contribution is -2.60. The van der Waals surface area contributed by atoms with E-state index in [0.29, 0.717) is 0 Å². The maximum Gasteiger partial charge on any atom is 0.0843 e. The Morgan fingerprint density at radius 1 is 0.667 bits per heavy atom. The zero-order chi connectivity index (χ0) is 11.4. The minimum absolute atomic E-state index is 0.725. The summed E-state index contributed by atoms with van der Waals surface area (Å²) < 4.78 is 0. The molecule has 3 N–H and O–H groups in total. The molecule has 0 aliphatic rings. The van der Waals surface area contributed by atoms with E-state index in [1.54, 1.807) is 0 Å². The monoisotopic (exact) mass is 214 g/mol. The van der Waals surface area contributed by atoms with Crippen molar-refractivity contribution in [3.8, 4) is 0 Å². The molecule has 0 aromatic carbocycles. The van der Waals surface area contributed by atoms with Gasteiger partial charge in [-0.15, -0.1) is 0 Å². The molecule has 0 radical (unpaired) electrons. The maximum atomic E-state index is 4.25. The molecule has 0 amide bonds. The first-order valence-electron chi connectivity index (χ1n) is 7.14. The Balaban J connectivity index is 3.08. The number of hydrogen-bond acceptors (Lipinski definition) is 0. The molecule has 0 saturated carbocycles. The van der Waals surface area contributed by atoms with Gasteiger partial charge in [-0.3, -0.25) is 0 Å². The van der Waals surface area contributed by atoms with Crippen molar-refractivity contribution in [2.24, 2.45) is 0 Å². The molecule has 1 heteroatoms. The first-order chi connectivity index (χ1) is 7.31. The fraction of sp³-hybridized carbons (Fsp3) is 1.00. The van der Waals surface area contributed by atoms with Gasteiger partial charge in [-0.25, -0.2) is 0 Å². The van der Waals surface area contributed by atoms with E-state index in [0.717, 1.165) is 6.04 Å². The Labute approximate surface area is 96.8 Å². The van der Waals surface area contributed by atoms with Crippen LogP contribution in [0.2, 0.25) is 0 Å². The summed E-state index contributed by atoms with van der Waals surface area (Å²) in [4.78, 5) is 0. The lowest BCUT2D eigenvalue weighted by atomic mass is 10.0. The van der Waals surface area contributed by atoms with Crippen LogP contribution in [0.15, 0.2) is 0 Å². The molecule has 0 bridgehead atoms. The first-order valence-corrected chi connectivity index (χ1v) is 7.14. The van der Waals surface area contributed by atoms with Crippen molar-refractivity contribution < 1.29 is 5.73 Å². The summed E-state index contributed by atoms with van der Waals surface area (Å²) in [7, 11) is 0. The average molecular weight is 214 g/mol. The molecule has 0 heterocycles. The molecule has 0 aromatic rings. The molecular formula is C14H32N+. The Kier molecular flexibility index (Phi) is 12.0. The predicted molar refractivity (Wildman–Crippen MR) is 68.8 cm³/mol. The van der Waals surface area contributed by atoms with Gasteiger partial charge in [0.1, 0.15) is 0 Å². The third-order valence-corrected chi connectivity index (χ3v) is 3.18. The zero-order valence-corrected chi connectivity index (χ0v) is 11.1. The van der Waals surface area contributed by atoms with Gasteiger partial charge >= 0.3 is 0 Å². The topological polar surface area (TPSA) is 27.6 Å². The lowest BCUT2D eigenvalue weighted by molar-refractivity contribution is -0.423. The fourth-order valence-corrected chi connectivity index (χ4v) is 2.04. The molecule has 0 spiro atoms. The third kappa shape index (κ3) is 11.9. The molecule has 0 fully saturated rings. The van der Waals surface area contributed by atoms with Crippen molar-refractivity contribution >= 4 is 0 Å². The largest absolute Gasteiger partial charge is 0.355 e. The molecule has 1 atom stereocenters. The number of rotatable bonds is 11. The Morgan fingerprint density at radius 2 is 1.07 bits per heavy atom. The summed E-state index contributed by atoms with van der Waals surface area (Å²) >= 11 is 0. The molecule has 0 rings (SSSR count). The summed E-state index contributed by atoms with van der Waals surface area (Å²) in [5.74, 6) is 0. The van der Waals surface area contributed by atoms with Crippen molar-refractivity contribution in [2.45, 2.75) is 90.5 Å². The first kappa shape index (κ1) is 15.0. The Hall–Kier alpha value is -0.0400. The standard InChI is InChI=1S/C14H31N/c1-3-5-7-9-11-13-14(15)12-10-8-6-4-2/h14H,3-13,15H2,1-2H3/p+1. The highest BCUT2D eigenvalue weighted by Crippen LogP contribution is 2.10. The molecule has 15 heavy (non-hydrogen) atoms. The molecule has 1 nitrogen and oxygen atoms in total. The van der Waals surface area contributed by atoms with Crippen LogP contribution in [0.3, 0.4) is 0 Å². The second-order valence-corrected chi connectivity index (χ2v) is 4.92. The van der Waals surface area contributed by atoms with Gasteiger partial charge in [0.05, 0.1) is 6.04 Å². The van der Waals surface area contributed by atoms with Gasteiger partial charge in [0.15, 0.2) is 0 Å². The second kappa shape index (κ2) is 12.0. The Morgan fingerprint density at radius 3 is 1.53 bits per heavy atom. The van der Waals surface area contributed by atoms with Gasteiger partial charge in [-0.2, -0.15) is 0 Å². The minimum Gasteiger partial charge on any atom is -0.355 e. The lowest BCUT2D eigenvalue weighted by Gasteiger charge is -2.07. The van der Waals surface area contributed by atoms with Crippen LogP contribution < -0.4 is 5.73 Å². The van der Waals surface area contributed by atoms with Crippen LogP contribution in [0.25, 0.3) is 0 Å². The van der Waals surface area contributed by atoms with E-state index in [1.807, 2.05) is 0 Å². The number of quaternary nitrogens is 1. The van der Waals surface area contributed by atoms with Crippen LogP contribution in [0.1, 0.15) is 84.5 Å². The average Bonchev–Trinajstić information content (AvgIpc) is 2.24. The van der Waals surface area contributed by atoms with E-state index in [1.165, 1.54) is 70.6 Å². The van der Waals surface area contributed by atoms with Crippen LogP contribution in [-0.4, -0.2) is 6.04 Å². The molecular weight excluding hydrogens is 182 g/mol. The van der Waals surface area contributed by atoms with Crippen LogP contribution in [0.5, 0.6) is 0 Å². The van der Waals surface area contributed by atoms with Gasteiger partial charge in [0.25, 0.3) is 0 Å². The maximum absolute atomic E-state index is 4.25. The van der Waals surface area contributed by atoms with Gasteiger partial charge in [-0.05, 0) is 25.7 Å². The van der Waals surface area contributed by atoms with Crippen molar-refractivity contribution in [2.75, 3.05) is 0 Å². The highest BCUT2D eigenvalue weighted by Gasteiger charge is 2.04. The molecule has 0 aliphatic heterocycles. The summed E-state index contributed by atoms with van der Waals surface area (Å²) in [6.45, 7) is 4.55. The van der Waals surface area contributed by atoms with Crippen LogP contribution in [0.4, 0.5) is 0 Å². The molecule has 0 aromatic heterocycles. The molecule has 1 unspecified atom stereocenters. The molecule has 0 aliphatic carbocycles. The zero-order valence-electron chi connectivity index (χ0n) is 11.1. The van der Waals surface area contributed by atoms with Crippen LogP contribution >= 0.6 is 0 Å². The summed E-state index contributed by atoms with van der Waals surface area (Å²) in [6, 6.07) is 0.725. The van der Waals surface area contributed by atoms with Crippen LogP contribution in [0, 0.1) is 0 Å². The molecule has 0 saturated heterocycles. The van der Waals surface area contributed by atoms with E-state index in [-0.39, 0.29) is 0 Å². The Bertz CT molecular complexity index is 112. The number of unbranched alkanes of at least 4 members (excludes halogenated alkanes) is 7. The number of hydrogen-bond donors (Lipinski definition) is 1. The summed E-state index contributed by atoms with van der Waals surface area (Å²) in [6.07, 6.45) is 15.3. The van der Waals surface area contributed by atoms with Crippen molar-refractivity contribution in [3.63, 3.8) is 0 Å². The smallest absolute Gasteiger partial charge is 0.0843 e. The van der Waals surface area contributed by atoms with Gasteiger partial charge < -0.3 is 5.73 Å². The quantitative estimate of drug-likeness (QED) is 0.505. The fourth-order valence-electron chi connectivity index (χ4n) is 2.04. The van der Waals surface area contributed by atoms with Gasteiger partial charge in [0.2, 0.25) is 0 Å². The van der Waals surface area contributed by atoms with Crippen molar-refractivity contribution in [3.05, 3.63) is 0 Å². The van der Waals surface area contributed by atoms with E-state index in [9.17, 15) is 0 Å².